The highest BCUT2D eigenvalue weighted by atomic mass is 35.5. The number of carbonyl (C=O) groups excluding carboxylic acids is 2. The summed E-state index contributed by atoms with van der Waals surface area (Å²) in [7, 11) is 0. The van der Waals surface area contributed by atoms with E-state index >= 15 is 0 Å². The Morgan fingerprint density at radius 3 is 2.28 bits per heavy atom. The SMILES string of the molecule is Cc1nc2ccc(C(=O)N3CCCN(C(=O)CCc4ccc(Cl)cc4)CC3)cc2nc1C. The minimum Gasteiger partial charge on any atom is -0.341 e. The van der Waals surface area contributed by atoms with Crippen molar-refractivity contribution in [3.05, 3.63) is 70.0 Å². The highest BCUT2D eigenvalue weighted by Gasteiger charge is 2.23. The van der Waals surface area contributed by atoms with E-state index in [9.17, 15) is 9.59 Å². The van der Waals surface area contributed by atoms with Gasteiger partial charge in [0.25, 0.3) is 5.91 Å². The van der Waals surface area contributed by atoms with Gasteiger partial charge in [0.1, 0.15) is 0 Å². The van der Waals surface area contributed by atoms with Crippen LogP contribution >= 0.6 is 11.6 Å². The number of amides is 2. The molecule has 6 nitrogen and oxygen atoms in total. The molecule has 1 fully saturated rings. The highest BCUT2D eigenvalue weighted by Crippen LogP contribution is 2.17. The van der Waals surface area contributed by atoms with E-state index in [4.69, 9.17) is 11.6 Å². The van der Waals surface area contributed by atoms with Crippen molar-refractivity contribution in [2.24, 2.45) is 0 Å². The molecule has 0 spiro atoms. The average molecular weight is 451 g/mol. The lowest BCUT2D eigenvalue weighted by Gasteiger charge is -2.22. The van der Waals surface area contributed by atoms with E-state index in [1.165, 1.54) is 0 Å². The number of carbonyl (C=O) groups is 2. The van der Waals surface area contributed by atoms with E-state index in [2.05, 4.69) is 9.97 Å². The highest BCUT2D eigenvalue weighted by molar-refractivity contribution is 6.30. The molecule has 0 N–H and O–H groups in total. The van der Waals surface area contributed by atoms with Gasteiger partial charge in [-0.2, -0.15) is 0 Å². The number of nitrogens with zero attached hydrogens (tertiary/aromatic N) is 4. The van der Waals surface area contributed by atoms with Crippen molar-refractivity contribution in [2.75, 3.05) is 26.2 Å². The smallest absolute Gasteiger partial charge is 0.253 e. The van der Waals surface area contributed by atoms with Crippen LogP contribution < -0.4 is 0 Å². The van der Waals surface area contributed by atoms with Gasteiger partial charge in [-0.1, -0.05) is 23.7 Å². The number of fused-ring (bicyclic) bond motifs is 1. The fraction of sp³-hybridized carbons (Fsp3) is 0.360. The van der Waals surface area contributed by atoms with Gasteiger partial charge in [0.2, 0.25) is 5.91 Å². The molecule has 1 aliphatic heterocycles. The fourth-order valence-electron chi connectivity index (χ4n) is 3.98. The molecule has 0 bridgehead atoms. The fourth-order valence-corrected chi connectivity index (χ4v) is 4.10. The molecular formula is C25H27ClN4O2. The summed E-state index contributed by atoms with van der Waals surface area (Å²) in [5.74, 6) is 0.100. The molecule has 0 radical (unpaired) electrons. The largest absolute Gasteiger partial charge is 0.341 e. The lowest BCUT2D eigenvalue weighted by molar-refractivity contribution is -0.131. The zero-order valence-corrected chi connectivity index (χ0v) is 19.2. The average Bonchev–Trinajstić information content (AvgIpc) is 3.05. The van der Waals surface area contributed by atoms with Crippen molar-refractivity contribution in [1.82, 2.24) is 19.8 Å². The summed E-state index contributed by atoms with van der Waals surface area (Å²) in [4.78, 5) is 38.7. The Hall–Kier alpha value is -2.99. The molecule has 3 aromatic rings. The van der Waals surface area contributed by atoms with Crippen LogP contribution in [0, 0.1) is 13.8 Å². The number of rotatable bonds is 4. The zero-order valence-electron chi connectivity index (χ0n) is 18.5. The van der Waals surface area contributed by atoms with Crippen LogP contribution in [0.4, 0.5) is 0 Å². The second kappa shape index (κ2) is 9.65. The van der Waals surface area contributed by atoms with Gasteiger partial charge in [-0.15, -0.1) is 0 Å². The number of halogens is 1. The monoisotopic (exact) mass is 450 g/mol. The molecule has 2 amide bonds. The molecule has 1 saturated heterocycles. The van der Waals surface area contributed by atoms with Crippen molar-refractivity contribution in [3.8, 4) is 0 Å². The van der Waals surface area contributed by atoms with Crippen LogP contribution in [-0.2, 0) is 11.2 Å². The molecule has 2 aromatic carbocycles. The summed E-state index contributed by atoms with van der Waals surface area (Å²) in [5.41, 5.74) is 4.98. The number of hydrogen-bond acceptors (Lipinski definition) is 4. The number of benzene rings is 2. The number of hydrogen-bond donors (Lipinski definition) is 0. The van der Waals surface area contributed by atoms with Crippen LogP contribution in [0.2, 0.25) is 5.02 Å². The first kappa shape index (κ1) is 22.2. The minimum atomic E-state index is -0.0256. The van der Waals surface area contributed by atoms with E-state index in [1.807, 2.05) is 66.1 Å². The summed E-state index contributed by atoms with van der Waals surface area (Å²) in [5, 5.41) is 0.695. The van der Waals surface area contributed by atoms with Gasteiger partial charge in [0.15, 0.2) is 0 Å². The molecule has 0 aliphatic carbocycles. The lowest BCUT2D eigenvalue weighted by Crippen LogP contribution is -2.37. The maximum Gasteiger partial charge on any atom is 0.253 e. The van der Waals surface area contributed by atoms with Gasteiger partial charge in [0.05, 0.1) is 22.4 Å². The third-order valence-corrected chi connectivity index (χ3v) is 6.25. The normalized spacial score (nSPS) is 14.5. The first-order chi connectivity index (χ1) is 15.4. The quantitative estimate of drug-likeness (QED) is 0.597. The standard InChI is InChI=1S/C25H27ClN4O2/c1-17-18(2)28-23-16-20(7-10-22(23)27-17)25(32)30-13-3-12-29(14-15-30)24(31)11-6-19-4-8-21(26)9-5-19/h4-5,7-10,16H,3,6,11-15H2,1-2H3. The van der Waals surface area contributed by atoms with E-state index in [0.29, 0.717) is 49.6 Å². The zero-order chi connectivity index (χ0) is 22.7. The Balaban J connectivity index is 1.37. The van der Waals surface area contributed by atoms with Crippen molar-refractivity contribution >= 4 is 34.4 Å². The predicted molar refractivity (Wildman–Crippen MR) is 126 cm³/mol. The van der Waals surface area contributed by atoms with E-state index in [1.54, 1.807) is 0 Å². The first-order valence-corrected chi connectivity index (χ1v) is 11.3. The predicted octanol–water partition coefficient (Wildman–Crippen LogP) is 4.21. The third kappa shape index (κ3) is 5.07. The summed E-state index contributed by atoms with van der Waals surface area (Å²) >= 11 is 5.93. The minimum absolute atomic E-state index is 0.0256. The molecule has 4 rings (SSSR count). The molecule has 7 heteroatoms. The molecule has 0 atom stereocenters. The van der Waals surface area contributed by atoms with Crippen LogP contribution in [0.15, 0.2) is 42.5 Å². The Bertz CT molecular complexity index is 1150. The molecule has 2 heterocycles. The van der Waals surface area contributed by atoms with Gasteiger partial charge in [-0.25, -0.2) is 9.97 Å². The Morgan fingerprint density at radius 1 is 0.875 bits per heavy atom. The Morgan fingerprint density at radius 2 is 1.53 bits per heavy atom. The second-order valence-corrected chi connectivity index (χ2v) is 8.69. The molecular weight excluding hydrogens is 424 g/mol. The van der Waals surface area contributed by atoms with Crippen molar-refractivity contribution < 1.29 is 9.59 Å². The van der Waals surface area contributed by atoms with Gasteiger partial charge < -0.3 is 9.80 Å². The second-order valence-electron chi connectivity index (χ2n) is 8.25. The van der Waals surface area contributed by atoms with Crippen molar-refractivity contribution in [3.63, 3.8) is 0 Å². The molecule has 0 unspecified atom stereocenters. The van der Waals surface area contributed by atoms with Crippen molar-refractivity contribution in [2.45, 2.75) is 33.1 Å². The van der Waals surface area contributed by atoms with Gasteiger partial charge in [-0.3, -0.25) is 9.59 Å². The van der Waals surface area contributed by atoms with Gasteiger partial charge in [-0.05, 0) is 62.6 Å². The molecule has 1 aliphatic rings. The maximum absolute atomic E-state index is 13.1. The topological polar surface area (TPSA) is 66.4 Å². The van der Waals surface area contributed by atoms with Gasteiger partial charge in [0, 0.05) is 43.2 Å². The van der Waals surface area contributed by atoms with E-state index < -0.39 is 0 Å². The Kier molecular flexibility index (Phi) is 6.70. The van der Waals surface area contributed by atoms with Crippen LogP contribution in [0.5, 0.6) is 0 Å². The van der Waals surface area contributed by atoms with Gasteiger partial charge >= 0.3 is 0 Å². The summed E-state index contributed by atoms with van der Waals surface area (Å²) < 4.78 is 0. The number of aromatic nitrogens is 2. The summed E-state index contributed by atoms with van der Waals surface area (Å²) in [6.45, 7) is 6.24. The third-order valence-electron chi connectivity index (χ3n) is 6.00. The molecule has 32 heavy (non-hydrogen) atoms. The van der Waals surface area contributed by atoms with Crippen molar-refractivity contribution in [1.29, 1.82) is 0 Å². The van der Waals surface area contributed by atoms with Crippen LogP contribution in [0.25, 0.3) is 11.0 Å². The summed E-state index contributed by atoms with van der Waals surface area (Å²) in [6.07, 6.45) is 1.91. The van der Waals surface area contributed by atoms with Crippen LogP contribution in [0.1, 0.15) is 40.2 Å². The lowest BCUT2D eigenvalue weighted by atomic mass is 10.1. The van der Waals surface area contributed by atoms with Crippen LogP contribution in [0.3, 0.4) is 0 Å². The number of aryl methyl sites for hydroxylation is 3. The van der Waals surface area contributed by atoms with E-state index in [-0.39, 0.29) is 11.8 Å². The summed E-state index contributed by atoms with van der Waals surface area (Å²) in [6, 6.07) is 13.1. The first-order valence-electron chi connectivity index (χ1n) is 11.0. The molecule has 0 saturated carbocycles. The van der Waals surface area contributed by atoms with Crippen LogP contribution in [-0.4, -0.2) is 57.8 Å². The van der Waals surface area contributed by atoms with E-state index in [0.717, 1.165) is 34.4 Å². The molecule has 166 valence electrons. The Labute approximate surface area is 193 Å². The maximum atomic E-state index is 13.1. The molecule has 1 aromatic heterocycles.